The lowest BCUT2D eigenvalue weighted by atomic mass is 9.91. The summed E-state index contributed by atoms with van der Waals surface area (Å²) in [5.74, 6) is 1.21. The SMILES string of the molecule is CN(C)c1ccnc(NC2CCC(NC(=O)/C=C/c3ccccc3[N+](=O)[O-])CC2)n1. The van der Waals surface area contributed by atoms with Gasteiger partial charge in [-0.3, -0.25) is 14.9 Å². The van der Waals surface area contributed by atoms with Gasteiger partial charge in [0.25, 0.3) is 5.69 Å². The molecule has 1 aliphatic rings. The zero-order chi connectivity index (χ0) is 21.5. The molecule has 0 saturated heterocycles. The second-order valence-corrected chi connectivity index (χ2v) is 7.48. The van der Waals surface area contributed by atoms with E-state index in [0.717, 1.165) is 31.5 Å². The Morgan fingerprint density at radius 3 is 2.57 bits per heavy atom. The molecule has 1 fully saturated rings. The average Bonchev–Trinajstić information content (AvgIpc) is 2.74. The largest absolute Gasteiger partial charge is 0.363 e. The first-order chi connectivity index (χ1) is 14.4. The molecule has 0 aliphatic heterocycles. The lowest BCUT2D eigenvalue weighted by Gasteiger charge is -2.29. The van der Waals surface area contributed by atoms with Gasteiger partial charge in [0.05, 0.1) is 10.5 Å². The zero-order valence-electron chi connectivity index (χ0n) is 17.1. The summed E-state index contributed by atoms with van der Waals surface area (Å²) in [5.41, 5.74) is 0.388. The van der Waals surface area contributed by atoms with Gasteiger partial charge < -0.3 is 15.5 Å². The normalized spacial score (nSPS) is 18.7. The summed E-state index contributed by atoms with van der Waals surface area (Å²) < 4.78 is 0. The van der Waals surface area contributed by atoms with E-state index in [1.54, 1.807) is 24.4 Å². The molecule has 1 aromatic heterocycles. The number of anilines is 2. The zero-order valence-corrected chi connectivity index (χ0v) is 17.1. The lowest BCUT2D eigenvalue weighted by Crippen LogP contribution is -2.39. The number of nitro groups is 1. The number of benzene rings is 1. The molecule has 0 spiro atoms. The fourth-order valence-electron chi connectivity index (χ4n) is 3.44. The highest BCUT2D eigenvalue weighted by Crippen LogP contribution is 2.22. The molecule has 158 valence electrons. The van der Waals surface area contributed by atoms with Crippen LogP contribution in [0.3, 0.4) is 0 Å². The van der Waals surface area contributed by atoms with Gasteiger partial charge in [0.2, 0.25) is 11.9 Å². The number of aromatic nitrogens is 2. The monoisotopic (exact) mass is 410 g/mol. The predicted molar refractivity (Wildman–Crippen MR) is 116 cm³/mol. The molecule has 1 heterocycles. The third-order valence-electron chi connectivity index (χ3n) is 5.05. The number of para-hydroxylation sites is 1. The maximum absolute atomic E-state index is 12.2. The van der Waals surface area contributed by atoms with Crippen molar-refractivity contribution in [2.24, 2.45) is 0 Å². The third-order valence-corrected chi connectivity index (χ3v) is 5.05. The van der Waals surface area contributed by atoms with Crippen molar-refractivity contribution >= 4 is 29.4 Å². The number of amides is 1. The van der Waals surface area contributed by atoms with Crippen LogP contribution < -0.4 is 15.5 Å². The van der Waals surface area contributed by atoms with E-state index < -0.39 is 4.92 Å². The Kier molecular flexibility index (Phi) is 6.95. The molecule has 1 saturated carbocycles. The number of carbonyl (C=O) groups excluding carboxylic acids is 1. The Labute approximate surface area is 175 Å². The van der Waals surface area contributed by atoms with Crippen LogP contribution in [0.4, 0.5) is 17.5 Å². The molecule has 0 atom stereocenters. The van der Waals surface area contributed by atoms with Crippen LogP contribution in [0, 0.1) is 10.1 Å². The van der Waals surface area contributed by atoms with Crippen LogP contribution in [0.1, 0.15) is 31.2 Å². The molecule has 0 radical (unpaired) electrons. The molecule has 9 nitrogen and oxygen atoms in total. The van der Waals surface area contributed by atoms with E-state index in [2.05, 4.69) is 20.6 Å². The summed E-state index contributed by atoms with van der Waals surface area (Å²) in [6.45, 7) is 0. The quantitative estimate of drug-likeness (QED) is 0.410. The standard InChI is InChI=1S/C21H26N6O3/c1-26(2)19-13-14-22-21(25-19)24-17-10-8-16(9-11-17)23-20(28)12-7-15-5-3-4-6-18(15)27(29)30/h3-7,12-14,16-17H,8-11H2,1-2H3,(H,23,28)(H,22,24,25)/b12-7+. The second-order valence-electron chi connectivity index (χ2n) is 7.48. The van der Waals surface area contributed by atoms with Crippen LogP contribution in [0.25, 0.3) is 6.08 Å². The smallest absolute Gasteiger partial charge is 0.276 e. The van der Waals surface area contributed by atoms with Gasteiger partial charge in [0, 0.05) is 44.5 Å². The number of hydrogen-bond acceptors (Lipinski definition) is 7. The summed E-state index contributed by atoms with van der Waals surface area (Å²) in [7, 11) is 3.87. The molecule has 1 aromatic carbocycles. The van der Waals surface area contributed by atoms with Crippen LogP contribution in [0.15, 0.2) is 42.6 Å². The Bertz CT molecular complexity index is 922. The molecule has 2 aromatic rings. The fraction of sp³-hybridized carbons (Fsp3) is 0.381. The molecule has 30 heavy (non-hydrogen) atoms. The molecule has 1 aliphatic carbocycles. The first-order valence-corrected chi connectivity index (χ1v) is 9.91. The highest BCUT2D eigenvalue weighted by molar-refractivity contribution is 5.92. The molecule has 3 rings (SSSR count). The fourth-order valence-corrected chi connectivity index (χ4v) is 3.44. The summed E-state index contributed by atoms with van der Waals surface area (Å²) in [5, 5.41) is 17.4. The summed E-state index contributed by atoms with van der Waals surface area (Å²) in [4.78, 5) is 33.5. The molecular formula is C21H26N6O3. The third kappa shape index (κ3) is 5.76. The first-order valence-electron chi connectivity index (χ1n) is 9.91. The van der Waals surface area contributed by atoms with Crippen molar-refractivity contribution in [2.75, 3.05) is 24.3 Å². The van der Waals surface area contributed by atoms with Gasteiger partial charge in [-0.15, -0.1) is 0 Å². The number of carbonyl (C=O) groups is 1. The van der Waals surface area contributed by atoms with E-state index in [1.807, 2.05) is 25.1 Å². The van der Waals surface area contributed by atoms with Crippen molar-refractivity contribution in [1.29, 1.82) is 0 Å². The summed E-state index contributed by atoms with van der Waals surface area (Å²) >= 11 is 0. The second kappa shape index (κ2) is 9.82. The van der Waals surface area contributed by atoms with Crippen LogP contribution in [-0.2, 0) is 4.79 Å². The van der Waals surface area contributed by atoms with E-state index in [-0.39, 0.29) is 23.7 Å². The van der Waals surface area contributed by atoms with Crippen LogP contribution in [0.5, 0.6) is 0 Å². The Hall–Kier alpha value is -3.49. The predicted octanol–water partition coefficient (Wildman–Crippen LogP) is 3.00. The van der Waals surface area contributed by atoms with Gasteiger partial charge in [0.1, 0.15) is 5.82 Å². The maximum Gasteiger partial charge on any atom is 0.276 e. The van der Waals surface area contributed by atoms with Gasteiger partial charge in [-0.2, -0.15) is 4.98 Å². The Morgan fingerprint density at radius 2 is 1.87 bits per heavy atom. The van der Waals surface area contributed by atoms with Crippen LogP contribution in [0.2, 0.25) is 0 Å². The minimum Gasteiger partial charge on any atom is -0.363 e. The van der Waals surface area contributed by atoms with Crippen molar-refractivity contribution in [3.8, 4) is 0 Å². The molecule has 0 bridgehead atoms. The van der Waals surface area contributed by atoms with Crippen molar-refractivity contribution < 1.29 is 9.72 Å². The highest BCUT2D eigenvalue weighted by atomic mass is 16.6. The number of nitrogens with zero attached hydrogens (tertiary/aromatic N) is 4. The summed E-state index contributed by atoms with van der Waals surface area (Å²) in [6, 6.07) is 8.55. The molecule has 9 heteroatoms. The topological polar surface area (TPSA) is 113 Å². The number of nitrogens with one attached hydrogen (secondary N) is 2. The molecule has 0 unspecified atom stereocenters. The van der Waals surface area contributed by atoms with Crippen molar-refractivity contribution in [1.82, 2.24) is 15.3 Å². The highest BCUT2D eigenvalue weighted by Gasteiger charge is 2.22. The van der Waals surface area contributed by atoms with Crippen molar-refractivity contribution in [3.63, 3.8) is 0 Å². The van der Waals surface area contributed by atoms with E-state index in [0.29, 0.717) is 11.5 Å². The van der Waals surface area contributed by atoms with E-state index >= 15 is 0 Å². The van der Waals surface area contributed by atoms with Gasteiger partial charge in [0.15, 0.2) is 0 Å². The maximum atomic E-state index is 12.2. The van der Waals surface area contributed by atoms with Gasteiger partial charge >= 0.3 is 0 Å². The van der Waals surface area contributed by atoms with E-state index in [4.69, 9.17) is 0 Å². The van der Waals surface area contributed by atoms with E-state index in [9.17, 15) is 14.9 Å². The average molecular weight is 410 g/mol. The lowest BCUT2D eigenvalue weighted by molar-refractivity contribution is -0.385. The molecule has 2 N–H and O–H groups in total. The minimum atomic E-state index is -0.455. The van der Waals surface area contributed by atoms with Crippen LogP contribution >= 0.6 is 0 Å². The first kappa shape index (κ1) is 21.2. The number of hydrogen-bond donors (Lipinski definition) is 2. The number of nitro benzene ring substituents is 1. The molecule has 1 amide bonds. The van der Waals surface area contributed by atoms with Gasteiger partial charge in [-0.1, -0.05) is 12.1 Å². The van der Waals surface area contributed by atoms with Gasteiger partial charge in [-0.05, 0) is 43.9 Å². The number of rotatable bonds is 7. The van der Waals surface area contributed by atoms with E-state index in [1.165, 1.54) is 18.2 Å². The van der Waals surface area contributed by atoms with Gasteiger partial charge in [-0.25, -0.2) is 4.98 Å². The summed E-state index contributed by atoms with van der Waals surface area (Å²) in [6.07, 6.45) is 8.05. The Morgan fingerprint density at radius 1 is 1.17 bits per heavy atom. The minimum absolute atomic E-state index is 0.0197. The van der Waals surface area contributed by atoms with Crippen molar-refractivity contribution in [2.45, 2.75) is 37.8 Å². The Balaban J connectivity index is 1.48. The van der Waals surface area contributed by atoms with Crippen LogP contribution in [-0.4, -0.2) is 47.0 Å². The molecular weight excluding hydrogens is 384 g/mol. The van der Waals surface area contributed by atoms with Crippen molar-refractivity contribution in [3.05, 3.63) is 58.3 Å².